The van der Waals surface area contributed by atoms with Crippen LogP contribution in [0.2, 0.25) is 0 Å². The van der Waals surface area contributed by atoms with Crippen molar-refractivity contribution < 1.29 is 9.53 Å². The monoisotopic (exact) mass is 355 g/mol. The lowest BCUT2D eigenvalue weighted by molar-refractivity contribution is -0.123. The van der Waals surface area contributed by atoms with Crippen LogP contribution in [0.3, 0.4) is 0 Å². The van der Waals surface area contributed by atoms with E-state index < -0.39 is 0 Å². The minimum absolute atomic E-state index is 0. The first-order valence-electron chi connectivity index (χ1n) is 8.45. The molecular weight excluding hydrogens is 326 g/mol. The van der Waals surface area contributed by atoms with Gasteiger partial charge in [-0.05, 0) is 31.9 Å². The molecule has 1 heterocycles. The van der Waals surface area contributed by atoms with Gasteiger partial charge in [0.25, 0.3) is 0 Å². The Balaban J connectivity index is 0.00000288. The van der Waals surface area contributed by atoms with Crippen molar-refractivity contribution in [1.82, 2.24) is 15.5 Å². The number of rotatable bonds is 7. The Morgan fingerprint density at radius 1 is 1.42 bits per heavy atom. The molecule has 2 N–H and O–H groups in total. The summed E-state index contributed by atoms with van der Waals surface area (Å²) in [6.45, 7) is 10.7. The van der Waals surface area contributed by atoms with E-state index in [1.165, 1.54) is 0 Å². The Morgan fingerprint density at radius 3 is 2.88 bits per heavy atom. The molecule has 6 heteroatoms. The van der Waals surface area contributed by atoms with Crippen LogP contribution in [0, 0.1) is 0 Å². The van der Waals surface area contributed by atoms with Gasteiger partial charge in [-0.1, -0.05) is 24.3 Å². The van der Waals surface area contributed by atoms with Gasteiger partial charge in [0.1, 0.15) is 0 Å². The van der Waals surface area contributed by atoms with Crippen LogP contribution in [0.15, 0.2) is 24.3 Å². The first-order chi connectivity index (χ1) is 11.0. The molecule has 1 atom stereocenters. The Labute approximate surface area is 151 Å². The van der Waals surface area contributed by atoms with E-state index in [-0.39, 0.29) is 24.4 Å². The lowest BCUT2D eigenvalue weighted by atomic mass is 10.1. The predicted octanol–water partition coefficient (Wildman–Crippen LogP) is 1.94. The van der Waals surface area contributed by atoms with Crippen LogP contribution in [0.1, 0.15) is 31.9 Å². The summed E-state index contributed by atoms with van der Waals surface area (Å²) < 4.78 is 5.62. The fourth-order valence-corrected chi connectivity index (χ4v) is 2.65. The molecule has 1 amide bonds. The number of amides is 1. The first kappa shape index (κ1) is 20.9. The molecule has 0 unspecified atom stereocenters. The summed E-state index contributed by atoms with van der Waals surface area (Å²) >= 11 is 0. The van der Waals surface area contributed by atoms with Crippen molar-refractivity contribution in [3.63, 3.8) is 0 Å². The number of hydrogen-bond donors (Lipinski definition) is 2. The van der Waals surface area contributed by atoms with Crippen molar-refractivity contribution in [3.8, 4) is 0 Å². The minimum atomic E-state index is 0. The summed E-state index contributed by atoms with van der Waals surface area (Å²) in [5.41, 5.74) is 2.25. The molecule has 0 aromatic heterocycles. The highest BCUT2D eigenvalue weighted by Gasteiger charge is 2.19. The molecule has 1 fully saturated rings. The molecule has 1 aliphatic heterocycles. The molecule has 1 saturated heterocycles. The molecule has 1 aromatic rings. The highest BCUT2D eigenvalue weighted by atomic mass is 35.5. The smallest absolute Gasteiger partial charge is 0.234 e. The fraction of sp³-hybridized carbons (Fsp3) is 0.611. The molecule has 0 aliphatic carbocycles. The third kappa shape index (κ3) is 7.18. The number of nitrogens with zero attached hydrogens (tertiary/aromatic N) is 1. The second-order valence-electron chi connectivity index (χ2n) is 6.48. The highest BCUT2D eigenvalue weighted by molar-refractivity contribution is 5.85. The number of piperazine rings is 1. The lowest BCUT2D eigenvalue weighted by Gasteiger charge is -2.33. The summed E-state index contributed by atoms with van der Waals surface area (Å²) in [5.74, 6) is 0.0857. The SMILES string of the molecule is CC(C)OCc1cccc(CNC(=O)CN2CCNC[C@H]2C)c1.Cl. The van der Waals surface area contributed by atoms with Gasteiger partial charge in [-0.3, -0.25) is 9.69 Å². The number of carbonyl (C=O) groups is 1. The Hall–Kier alpha value is -1.14. The van der Waals surface area contributed by atoms with E-state index in [2.05, 4.69) is 34.6 Å². The molecule has 0 radical (unpaired) electrons. The van der Waals surface area contributed by atoms with Crippen LogP contribution in [0.5, 0.6) is 0 Å². The Morgan fingerprint density at radius 2 is 2.17 bits per heavy atom. The molecule has 2 rings (SSSR count). The van der Waals surface area contributed by atoms with E-state index in [4.69, 9.17) is 4.74 Å². The van der Waals surface area contributed by atoms with Gasteiger partial charge in [-0.25, -0.2) is 0 Å². The Kier molecular flexibility index (Phi) is 9.29. The third-order valence-electron chi connectivity index (χ3n) is 4.05. The topological polar surface area (TPSA) is 53.6 Å². The molecular formula is C18H30ClN3O2. The number of halogens is 1. The van der Waals surface area contributed by atoms with Crippen molar-refractivity contribution >= 4 is 18.3 Å². The normalized spacial score (nSPS) is 18.2. The van der Waals surface area contributed by atoms with Crippen LogP contribution in [0.4, 0.5) is 0 Å². The quantitative estimate of drug-likeness (QED) is 0.785. The van der Waals surface area contributed by atoms with Crippen molar-refractivity contribution in [3.05, 3.63) is 35.4 Å². The molecule has 24 heavy (non-hydrogen) atoms. The first-order valence-corrected chi connectivity index (χ1v) is 8.45. The second-order valence-corrected chi connectivity index (χ2v) is 6.48. The minimum Gasteiger partial charge on any atom is -0.374 e. The summed E-state index contributed by atoms with van der Waals surface area (Å²) in [4.78, 5) is 14.4. The molecule has 136 valence electrons. The van der Waals surface area contributed by atoms with E-state index >= 15 is 0 Å². The van der Waals surface area contributed by atoms with Gasteiger partial charge in [0.15, 0.2) is 0 Å². The number of benzene rings is 1. The van der Waals surface area contributed by atoms with E-state index in [0.717, 1.165) is 30.8 Å². The van der Waals surface area contributed by atoms with Crippen molar-refractivity contribution in [1.29, 1.82) is 0 Å². The van der Waals surface area contributed by atoms with Crippen LogP contribution >= 0.6 is 12.4 Å². The molecule has 5 nitrogen and oxygen atoms in total. The maximum atomic E-state index is 12.1. The van der Waals surface area contributed by atoms with Crippen LogP contribution < -0.4 is 10.6 Å². The zero-order valence-electron chi connectivity index (χ0n) is 14.9. The van der Waals surface area contributed by atoms with Crippen LogP contribution in [0.25, 0.3) is 0 Å². The predicted molar refractivity (Wildman–Crippen MR) is 99.4 cm³/mol. The second kappa shape index (κ2) is 10.7. The van der Waals surface area contributed by atoms with Crippen LogP contribution in [-0.2, 0) is 22.7 Å². The van der Waals surface area contributed by atoms with Gasteiger partial charge < -0.3 is 15.4 Å². The van der Waals surface area contributed by atoms with Gasteiger partial charge in [-0.15, -0.1) is 12.4 Å². The summed E-state index contributed by atoms with van der Waals surface area (Å²) in [6.07, 6.45) is 0.222. The zero-order chi connectivity index (χ0) is 16.7. The third-order valence-corrected chi connectivity index (χ3v) is 4.05. The van der Waals surface area contributed by atoms with Crippen molar-refractivity contribution in [2.45, 2.75) is 46.1 Å². The summed E-state index contributed by atoms with van der Waals surface area (Å²) in [5, 5.41) is 6.35. The van der Waals surface area contributed by atoms with E-state index in [1.54, 1.807) is 0 Å². The van der Waals surface area contributed by atoms with E-state index in [0.29, 0.717) is 25.7 Å². The number of hydrogen-bond acceptors (Lipinski definition) is 4. The number of nitrogens with one attached hydrogen (secondary N) is 2. The highest BCUT2D eigenvalue weighted by Crippen LogP contribution is 2.08. The average Bonchev–Trinajstić information content (AvgIpc) is 2.54. The van der Waals surface area contributed by atoms with Gasteiger partial charge in [0, 0.05) is 32.2 Å². The molecule has 1 aromatic carbocycles. The summed E-state index contributed by atoms with van der Waals surface area (Å²) in [6, 6.07) is 8.60. The van der Waals surface area contributed by atoms with Crippen molar-refractivity contribution in [2.75, 3.05) is 26.2 Å². The van der Waals surface area contributed by atoms with E-state index in [9.17, 15) is 4.79 Å². The van der Waals surface area contributed by atoms with E-state index in [1.807, 2.05) is 26.0 Å². The van der Waals surface area contributed by atoms with Crippen molar-refractivity contribution in [2.24, 2.45) is 0 Å². The standard InChI is InChI=1S/C18H29N3O2.ClH/c1-14(2)23-13-17-6-4-5-16(9-17)11-20-18(22)12-21-8-7-19-10-15(21)3;/h4-6,9,14-15,19H,7-8,10-13H2,1-3H3,(H,20,22);1H/t15-;/m1./s1. The largest absolute Gasteiger partial charge is 0.374 e. The number of ether oxygens (including phenoxy) is 1. The molecule has 0 saturated carbocycles. The maximum Gasteiger partial charge on any atom is 0.234 e. The molecule has 1 aliphatic rings. The van der Waals surface area contributed by atoms with Gasteiger partial charge >= 0.3 is 0 Å². The number of carbonyl (C=O) groups excluding carboxylic acids is 1. The maximum absolute atomic E-state index is 12.1. The van der Waals surface area contributed by atoms with Crippen LogP contribution in [-0.4, -0.2) is 49.1 Å². The fourth-order valence-electron chi connectivity index (χ4n) is 2.65. The van der Waals surface area contributed by atoms with Gasteiger partial charge in [0.05, 0.1) is 19.3 Å². The molecule has 0 bridgehead atoms. The van der Waals surface area contributed by atoms with Gasteiger partial charge in [0.2, 0.25) is 5.91 Å². The average molecular weight is 356 g/mol. The lowest BCUT2D eigenvalue weighted by Crippen LogP contribution is -2.52. The zero-order valence-corrected chi connectivity index (χ0v) is 15.7. The summed E-state index contributed by atoms with van der Waals surface area (Å²) in [7, 11) is 0. The Bertz CT molecular complexity index is 511. The molecule has 0 spiro atoms. The van der Waals surface area contributed by atoms with Gasteiger partial charge in [-0.2, -0.15) is 0 Å².